The number of aryl methyl sites for hydroxylation is 1. The predicted molar refractivity (Wildman–Crippen MR) is 191 cm³/mol. The van der Waals surface area contributed by atoms with Crippen molar-refractivity contribution in [1.82, 2.24) is 15.5 Å². The van der Waals surface area contributed by atoms with Gasteiger partial charge in [0.05, 0.1) is 0 Å². The van der Waals surface area contributed by atoms with E-state index >= 15 is 0 Å². The minimum absolute atomic E-state index is 0.125. The van der Waals surface area contributed by atoms with Gasteiger partial charge in [-0.15, -0.1) is 0 Å². The maximum Gasteiger partial charge on any atom is 0.242 e. The van der Waals surface area contributed by atoms with E-state index in [1.165, 1.54) is 56.3 Å². The molecular weight excluding hydrogens is 592 g/mol. The first-order chi connectivity index (χ1) is 22.8. The first-order valence-electron chi connectivity index (χ1n) is 18.4. The maximum absolute atomic E-state index is 13.4. The third-order valence-corrected chi connectivity index (χ3v) is 8.69. The number of rotatable bonds is 30. The van der Waals surface area contributed by atoms with E-state index in [4.69, 9.17) is 17.2 Å². The van der Waals surface area contributed by atoms with Gasteiger partial charge in [-0.25, -0.2) is 0 Å². The van der Waals surface area contributed by atoms with Gasteiger partial charge in [0.25, 0.3) is 0 Å². The molecule has 268 valence electrons. The molecule has 10 nitrogen and oxygen atoms in total. The lowest BCUT2D eigenvalue weighted by atomic mass is 10.0. The highest BCUT2D eigenvalue weighted by molar-refractivity contribution is 5.88. The molecule has 2 atom stereocenters. The van der Waals surface area contributed by atoms with E-state index in [0.717, 1.165) is 37.7 Å². The number of nitrogens with one attached hydrogen (secondary N) is 2. The van der Waals surface area contributed by atoms with E-state index < -0.39 is 18.0 Å². The predicted octanol–water partition coefficient (Wildman–Crippen LogP) is 4.86. The normalized spacial score (nSPS) is 12.3. The van der Waals surface area contributed by atoms with Crippen LogP contribution >= 0.6 is 0 Å². The molecule has 4 amide bonds. The highest BCUT2D eigenvalue weighted by Gasteiger charge is 2.28. The Morgan fingerprint density at radius 2 is 1.30 bits per heavy atom. The number of unbranched alkanes of at least 4 members (excludes halogenated alkanes) is 12. The van der Waals surface area contributed by atoms with Gasteiger partial charge in [-0.1, -0.05) is 101 Å². The standard InChI is InChI=1S/C37H66N6O4/c1-2-3-4-5-6-7-8-9-10-11-15-24-34(44)42-32(22-16-18-27-38)37(47)41-29-30-43(33(36(40)46)23-17-19-28-39)35(45)26-25-31-20-13-12-14-21-31/h12-14,20-21,32-33H,2-11,15-19,22-30,38-39H2,1H3,(H2,40,46)(H,41,47)(H,42,44)/t32-,33-/m0/s1. The molecule has 0 fully saturated rings. The van der Waals surface area contributed by atoms with Crippen LogP contribution in [0.2, 0.25) is 0 Å². The first kappa shape index (κ1) is 42.0. The van der Waals surface area contributed by atoms with Crippen molar-refractivity contribution >= 4 is 23.6 Å². The molecule has 0 saturated heterocycles. The molecule has 10 heteroatoms. The molecule has 47 heavy (non-hydrogen) atoms. The summed E-state index contributed by atoms with van der Waals surface area (Å²) in [6.07, 6.45) is 18.2. The van der Waals surface area contributed by atoms with Gasteiger partial charge in [-0.3, -0.25) is 19.2 Å². The monoisotopic (exact) mass is 659 g/mol. The van der Waals surface area contributed by atoms with Gasteiger partial charge >= 0.3 is 0 Å². The second-order valence-electron chi connectivity index (χ2n) is 12.8. The fourth-order valence-electron chi connectivity index (χ4n) is 5.83. The third kappa shape index (κ3) is 20.8. The van der Waals surface area contributed by atoms with Crippen molar-refractivity contribution in [3.8, 4) is 0 Å². The summed E-state index contributed by atoms with van der Waals surface area (Å²) in [7, 11) is 0. The Morgan fingerprint density at radius 1 is 0.723 bits per heavy atom. The summed E-state index contributed by atoms with van der Waals surface area (Å²) in [6, 6.07) is 8.22. The molecule has 0 bridgehead atoms. The molecule has 0 aliphatic heterocycles. The van der Waals surface area contributed by atoms with Crippen LogP contribution in [0.4, 0.5) is 0 Å². The molecule has 0 aliphatic carbocycles. The van der Waals surface area contributed by atoms with Gasteiger partial charge in [0.15, 0.2) is 0 Å². The fourth-order valence-corrected chi connectivity index (χ4v) is 5.83. The van der Waals surface area contributed by atoms with Crippen LogP contribution in [0.5, 0.6) is 0 Å². The minimum atomic E-state index is -0.785. The van der Waals surface area contributed by atoms with Crippen LogP contribution in [0.3, 0.4) is 0 Å². The van der Waals surface area contributed by atoms with Crippen molar-refractivity contribution < 1.29 is 19.2 Å². The average molecular weight is 659 g/mol. The van der Waals surface area contributed by atoms with E-state index in [-0.39, 0.29) is 37.2 Å². The van der Waals surface area contributed by atoms with Crippen LogP contribution < -0.4 is 27.8 Å². The molecule has 0 aliphatic rings. The van der Waals surface area contributed by atoms with Crippen LogP contribution in [-0.2, 0) is 25.6 Å². The molecule has 0 spiro atoms. The summed E-state index contributed by atoms with van der Waals surface area (Å²) < 4.78 is 0. The quantitative estimate of drug-likeness (QED) is 0.0738. The SMILES string of the molecule is CCCCCCCCCCCCCC(=O)N[C@@H](CCCCN)C(=O)NCCN(C(=O)CCc1ccccc1)[C@@H](CCCCN)C(N)=O. The second kappa shape index (κ2) is 28.1. The van der Waals surface area contributed by atoms with Crippen molar-refractivity contribution in [2.45, 2.75) is 147 Å². The van der Waals surface area contributed by atoms with E-state index in [9.17, 15) is 19.2 Å². The molecular formula is C37H66N6O4. The van der Waals surface area contributed by atoms with E-state index in [1.807, 2.05) is 30.3 Å². The number of benzene rings is 1. The summed E-state index contributed by atoms with van der Waals surface area (Å²) in [4.78, 5) is 53.4. The van der Waals surface area contributed by atoms with Crippen molar-refractivity contribution in [3.63, 3.8) is 0 Å². The Hall–Kier alpha value is -2.98. The largest absolute Gasteiger partial charge is 0.368 e. The smallest absolute Gasteiger partial charge is 0.242 e. The van der Waals surface area contributed by atoms with Crippen LogP contribution in [0.25, 0.3) is 0 Å². The number of hydrogen-bond acceptors (Lipinski definition) is 6. The van der Waals surface area contributed by atoms with Gasteiger partial charge in [-0.05, 0) is 70.0 Å². The first-order valence-corrected chi connectivity index (χ1v) is 18.4. The lowest BCUT2D eigenvalue weighted by Crippen LogP contribution is -2.52. The van der Waals surface area contributed by atoms with Crippen LogP contribution in [-0.4, -0.2) is 66.8 Å². The Labute approximate surface area is 284 Å². The van der Waals surface area contributed by atoms with Crippen molar-refractivity contribution in [3.05, 3.63) is 35.9 Å². The number of nitrogens with two attached hydrogens (primary N) is 3. The van der Waals surface area contributed by atoms with E-state index in [1.54, 1.807) is 0 Å². The summed E-state index contributed by atoms with van der Waals surface area (Å²) in [5.74, 6) is -1.19. The third-order valence-electron chi connectivity index (χ3n) is 8.69. The van der Waals surface area contributed by atoms with Crippen molar-refractivity contribution in [1.29, 1.82) is 0 Å². The number of nitrogens with zero attached hydrogens (tertiary/aromatic N) is 1. The highest BCUT2D eigenvalue weighted by atomic mass is 16.2. The van der Waals surface area contributed by atoms with Crippen LogP contribution in [0.15, 0.2) is 30.3 Å². The van der Waals surface area contributed by atoms with Gasteiger partial charge in [0, 0.05) is 25.9 Å². The number of carbonyl (C=O) groups excluding carboxylic acids is 4. The zero-order valence-electron chi connectivity index (χ0n) is 29.3. The summed E-state index contributed by atoms with van der Waals surface area (Å²) in [5, 5.41) is 5.82. The summed E-state index contributed by atoms with van der Waals surface area (Å²) >= 11 is 0. The van der Waals surface area contributed by atoms with Crippen molar-refractivity contribution in [2.75, 3.05) is 26.2 Å². The Morgan fingerprint density at radius 3 is 1.87 bits per heavy atom. The van der Waals surface area contributed by atoms with E-state index in [0.29, 0.717) is 51.6 Å². The molecule has 0 saturated carbocycles. The zero-order chi connectivity index (χ0) is 34.5. The Balaban J connectivity index is 2.65. The highest BCUT2D eigenvalue weighted by Crippen LogP contribution is 2.14. The minimum Gasteiger partial charge on any atom is -0.368 e. The molecule has 0 unspecified atom stereocenters. The number of primary amides is 1. The van der Waals surface area contributed by atoms with Gasteiger partial charge < -0.3 is 32.7 Å². The van der Waals surface area contributed by atoms with Crippen LogP contribution in [0.1, 0.15) is 134 Å². The molecule has 0 radical (unpaired) electrons. The van der Waals surface area contributed by atoms with Gasteiger partial charge in [-0.2, -0.15) is 0 Å². The summed E-state index contributed by atoms with van der Waals surface area (Å²) in [5.41, 5.74) is 18.1. The fraction of sp³-hybridized carbons (Fsp3) is 0.730. The number of hydrogen-bond donors (Lipinski definition) is 5. The van der Waals surface area contributed by atoms with Gasteiger partial charge in [0.2, 0.25) is 23.6 Å². The molecule has 1 aromatic rings. The Kier molecular flexibility index (Phi) is 25.1. The molecule has 0 heterocycles. The number of amides is 4. The average Bonchev–Trinajstić information content (AvgIpc) is 3.06. The molecule has 0 aromatic heterocycles. The molecule has 8 N–H and O–H groups in total. The lowest BCUT2D eigenvalue weighted by molar-refractivity contribution is -0.139. The molecule has 1 aromatic carbocycles. The molecule has 1 rings (SSSR count). The lowest BCUT2D eigenvalue weighted by Gasteiger charge is -2.30. The van der Waals surface area contributed by atoms with Crippen LogP contribution in [0, 0.1) is 0 Å². The zero-order valence-corrected chi connectivity index (χ0v) is 29.3. The maximum atomic E-state index is 13.4. The summed E-state index contributed by atoms with van der Waals surface area (Å²) in [6.45, 7) is 3.51. The van der Waals surface area contributed by atoms with E-state index in [2.05, 4.69) is 17.6 Å². The topological polar surface area (TPSA) is 174 Å². The second-order valence-corrected chi connectivity index (χ2v) is 12.8. The Bertz CT molecular complexity index is 977. The number of carbonyl (C=O) groups is 4. The van der Waals surface area contributed by atoms with Gasteiger partial charge in [0.1, 0.15) is 12.1 Å². The van der Waals surface area contributed by atoms with Crippen molar-refractivity contribution in [2.24, 2.45) is 17.2 Å².